The molecule has 172 valence electrons. The maximum absolute atomic E-state index is 13.1. The van der Waals surface area contributed by atoms with Gasteiger partial charge in [-0.15, -0.1) is 0 Å². The van der Waals surface area contributed by atoms with Gasteiger partial charge in [-0.05, 0) is 54.8 Å². The van der Waals surface area contributed by atoms with E-state index in [9.17, 15) is 9.90 Å². The molecule has 2 heterocycles. The van der Waals surface area contributed by atoms with Gasteiger partial charge in [0.05, 0.1) is 17.0 Å². The van der Waals surface area contributed by atoms with Crippen LogP contribution in [0.3, 0.4) is 0 Å². The molecule has 1 saturated heterocycles. The third kappa shape index (κ3) is 4.30. The largest absolute Gasteiger partial charge is 0.385 e. The van der Waals surface area contributed by atoms with Crippen LogP contribution in [0.15, 0.2) is 84.9 Å². The van der Waals surface area contributed by atoms with Gasteiger partial charge in [0.2, 0.25) is 0 Å². The van der Waals surface area contributed by atoms with Crippen LogP contribution in [0.5, 0.6) is 0 Å². The number of nitrogen functional groups attached to an aromatic ring is 1. The molecule has 3 N–H and O–H groups in total. The van der Waals surface area contributed by atoms with Crippen LogP contribution in [0.1, 0.15) is 28.8 Å². The minimum absolute atomic E-state index is 0.0445. The summed E-state index contributed by atoms with van der Waals surface area (Å²) in [6.45, 7) is 1.01. The second-order valence-corrected chi connectivity index (χ2v) is 9.05. The van der Waals surface area contributed by atoms with Gasteiger partial charge >= 0.3 is 0 Å². The number of amides is 1. The third-order valence-corrected chi connectivity index (χ3v) is 6.68. The van der Waals surface area contributed by atoms with Gasteiger partial charge < -0.3 is 15.7 Å². The van der Waals surface area contributed by atoms with E-state index in [4.69, 9.17) is 17.3 Å². The molecule has 0 atom stereocenters. The van der Waals surface area contributed by atoms with Gasteiger partial charge in [0.15, 0.2) is 0 Å². The number of aromatic nitrogens is 2. The van der Waals surface area contributed by atoms with E-state index in [0.29, 0.717) is 42.3 Å². The third-order valence-electron chi connectivity index (χ3n) is 6.42. The Balaban J connectivity index is 1.28. The van der Waals surface area contributed by atoms with Crippen molar-refractivity contribution in [3.63, 3.8) is 0 Å². The van der Waals surface area contributed by atoms with Crippen LogP contribution in [-0.4, -0.2) is 38.8 Å². The first-order valence-electron chi connectivity index (χ1n) is 11.2. The maximum atomic E-state index is 13.1. The van der Waals surface area contributed by atoms with Crippen LogP contribution >= 0.6 is 11.6 Å². The number of rotatable bonds is 4. The average molecular weight is 473 g/mol. The first-order chi connectivity index (χ1) is 16.4. The Morgan fingerprint density at radius 3 is 2.24 bits per heavy atom. The van der Waals surface area contributed by atoms with E-state index < -0.39 is 5.60 Å². The summed E-state index contributed by atoms with van der Waals surface area (Å²) < 4.78 is 1.65. The summed E-state index contributed by atoms with van der Waals surface area (Å²) in [7, 11) is 0. The molecule has 1 fully saturated rings. The number of halogens is 1. The molecule has 4 aromatic rings. The molecule has 0 radical (unpaired) electrons. The first kappa shape index (κ1) is 22.2. The quantitative estimate of drug-likeness (QED) is 0.442. The van der Waals surface area contributed by atoms with Gasteiger partial charge in [-0.2, -0.15) is 5.10 Å². The lowest BCUT2D eigenvalue weighted by Crippen LogP contribution is -2.45. The summed E-state index contributed by atoms with van der Waals surface area (Å²) in [5.41, 5.74) is 9.25. The lowest BCUT2D eigenvalue weighted by Gasteiger charge is -2.38. The zero-order chi connectivity index (χ0) is 23.7. The minimum atomic E-state index is -0.888. The van der Waals surface area contributed by atoms with Crippen LogP contribution in [0.4, 0.5) is 5.82 Å². The van der Waals surface area contributed by atoms with E-state index in [1.807, 2.05) is 72.8 Å². The molecule has 0 unspecified atom stereocenters. The zero-order valence-corrected chi connectivity index (χ0v) is 19.3. The van der Waals surface area contributed by atoms with E-state index >= 15 is 0 Å². The number of nitrogens with zero attached hydrogens (tertiary/aromatic N) is 3. The van der Waals surface area contributed by atoms with Crippen LogP contribution in [0.25, 0.3) is 16.9 Å². The molecular weight excluding hydrogens is 448 g/mol. The number of carbonyl (C=O) groups excluding carboxylic acids is 1. The fraction of sp³-hybridized carbons (Fsp3) is 0.185. The van der Waals surface area contributed by atoms with Gasteiger partial charge in [-0.3, -0.25) is 4.79 Å². The van der Waals surface area contributed by atoms with Crippen LogP contribution < -0.4 is 5.73 Å². The zero-order valence-electron chi connectivity index (χ0n) is 18.6. The van der Waals surface area contributed by atoms with Crippen molar-refractivity contribution in [3.8, 4) is 16.9 Å². The monoisotopic (exact) mass is 472 g/mol. The van der Waals surface area contributed by atoms with Gasteiger partial charge in [0.25, 0.3) is 5.91 Å². The number of piperidine rings is 1. The molecule has 0 spiro atoms. The normalized spacial score (nSPS) is 15.3. The average Bonchev–Trinajstić information content (AvgIpc) is 3.26. The summed E-state index contributed by atoms with van der Waals surface area (Å²) in [6, 6.07) is 26.2. The second kappa shape index (κ2) is 8.97. The molecule has 5 rings (SSSR count). The van der Waals surface area contributed by atoms with Crippen LogP contribution in [0.2, 0.25) is 5.02 Å². The number of hydrogen-bond acceptors (Lipinski definition) is 4. The molecule has 34 heavy (non-hydrogen) atoms. The first-order valence-corrected chi connectivity index (χ1v) is 11.6. The fourth-order valence-electron chi connectivity index (χ4n) is 4.41. The van der Waals surface area contributed by atoms with Crippen molar-refractivity contribution in [2.45, 2.75) is 18.4 Å². The van der Waals surface area contributed by atoms with E-state index in [1.165, 1.54) is 0 Å². The van der Waals surface area contributed by atoms with E-state index in [0.717, 1.165) is 22.5 Å². The molecule has 1 aromatic heterocycles. The Morgan fingerprint density at radius 1 is 0.941 bits per heavy atom. The summed E-state index contributed by atoms with van der Waals surface area (Å²) in [6.07, 6.45) is 1.02. The Morgan fingerprint density at radius 2 is 1.59 bits per heavy atom. The topological polar surface area (TPSA) is 84.4 Å². The van der Waals surface area contributed by atoms with Crippen molar-refractivity contribution in [2.75, 3.05) is 18.8 Å². The number of nitrogens with two attached hydrogens (primary N) is 1. The Bertz CT molecular complexity index is 1290. The van der Waals surface area contributed by atoms with Gasteiger partial charge in [-0.1, -0.05) is 54.1 Å². The highest BCUT2D eigenvalue weighted by Gasteiger charge is 2.35. The highest BCUT2D eigenvalue weighted by molar-refractivity contribution is 6.30. The van der Waals surface area contributed by atoms with Crippen LogP contribution in [0, 0.1) is 0 Å². The van der Waals surface area contributed by atoms with Crippen molar-refractivity contribution in [1.82, 2.24) is 14.7 Å². The molecule has 0 bridgehead atoms. The fourth-order valence-corrected chi connectivity index (χ4v) is 4.53. The van der Waals surface area contributed by atoms with Gasteiger partial charge in [-0.25, -0.2) is 4.68 Å². The van der Waals surface area contributed by atoms with Crippen molar-refractivity contribution >= 4 is 23.3 Å². The van der Waals surface area contributed by atoms with E-state index in [-0.39, 0.29) is 5.91 Å². The summed E-state index contributed by atoms with van der Waals surface area (Å²) in [4.78, 5) is 14.9. The predicted octanol–water partition coefficient (Wildman–Crippen LogP) is 4.90. The summed E-state index contributed by atoms with van der Waals surface area (Å²) in [5, 5.41) is 16.3. The Hall–Kier alpha value is -3.61. The minimum Gasteiger partial charge on any atom is -0.385 e. The van der Waals surface area contributed by atoms with Crippen molar-refractivity contribution < 1.29 is 9.90 Å². The molecule has 7 heteroatoms. The molecule has 3 aromatic carbocycles. The van der Waals surface area contributed by atoms with Gasteiger partial charge in [0.1, 0.15) is 5.82 Å². The molecule has 0 saturated carbocycles. The van der Waals surface area contributed by atoms with Crippen molar-refractivity contribution in [2.24, 2.45) is 0 Å². The molecule has 0 aliphatic carbocycles. The standard InChI is InChI=1S/C27H25ClN4O2/c28-22-10-6-19(7-11-22)24-18-25(29)32(30-24)23-12-8-20(9-13-23)26(33)31-16-14-27(34,15-17-31)21-4-2-1-3-5-21/h1-13,18,34H,14-17,29H2. The number of aliphatic hydroxyl groups is 1. The van der Waals surface area contributed by atoms with Gasteiger partial charge in [0, 0.05) is 35.3 Å². The Labute approximate surface area is 203 Å². The maximum Gasteiger partial charge on any atom is 0.253 e. The molecule has 1 aliphatic heterocycles. The lowest BCUT2D eigenvalue weighted by molar-refractivity contribution is -0.0211. The van der Waals surface area contributed by atoms with Crippen molar-refractivity contribution in [3.05, 3.63) is 101 Å². The number of benzene rings is 3. The van der Waals surface area contributed by atoms with Crippen LogP contribution in [-0.2, 0) is 5.60 Å². The second-order valence-electron chi connectivity index (χ2n) is 8.61. The van der Waals surface area contributed by atoms with E-state index in [2.05, 4.69) is 5.10 Å². The molecule has 1 aliphatic rings. The number of hydrogen-bond donors (Lipinski definition) is 2. The highest BCUT2D eigenvalue weighted by atomic mass is 35.5. The summed E-state index contributed by atoms with van der Waals surface area (Å²) in [5.74, 6) is 0.456. The predicted molar refractivity (Wildman–Crippen MR) is 134 cm³/mol. The molecule has 6 nitrogen and oxygen atoms in total. The molecule has 1 amide bonds. The summed E-state index contributed by atoms with van der Waals surface area (Å²) >= 11 is 5.98. The number of carbonyl (C=O) groups is 1. The van der Waals surface area contributed by atoms with E-state index in [1.54, 1.807) is 21.7 Å². The number of likely N-dealkylation sites (tertiary alicyclic amines) is 1. The van der Waals surface area contributed by atoms with Crippen molar-refractivity contribution in [1.29, 1.82) is 0 Å². The highest BCUT2D eigenvalue weighted by Crippen LogP contribution is 2.33. The lowest BCUT2D eigenvalue weighted by atomic mass is 9.84. The Kier molecular flexibility index (Phi) is 5.86. The number of anilines is 1. The SMILES string of the molecule is Nc1cc(-c2ccc(Cl)cc2)nn1-c1ccc(C(=O)N2CCC(O)(c3ccccc3)CC2)cc1. The smallest absolute Gasteiger partial charge is 0.253 e. The molecular formula is C27H25ClN4O2.